The zero-order valence-electron chi connectivity index (χ0n) is 30.3. The molecule has 0 bridgehead atoms. The van der Waals surface area contributed by atoms with Crippen molar-refractivity contribution in [1.82, 2.24) is 15.0 Å². The monoisotopic (exact) mass is 731 g/mol. The van der Waals surface area contributed by atoms with E-state index in [0.29, 0.717) is 17.5 Å². The van der Waals surface area contributed by atoms with Gasteiger partial charge >= 0.3 is 0 Å². The molecule has 0 fully saturated rings. The van der Waals surface area contributed by atoms with Gasteiger partial charge in [-0.05, 0) is 79.9 Å². The summed E-state index contributed by atoms with van der Waals surface area (Å²) in [6.45, 7) is 0. The van der Waals surface area contributed by atoms with Gasteiger partial charge in [0, 0.05) is 26.5 Å². The van der Waals surface area contributed by atoms with Gasteiger partial charge in [-0.25, -0.2) is 15.0 Å². The van der Waals surface area contributed by atoms with Crippen molar-refractivity contribution in [3.8, 4) is 67.5 Å². The molecule has 1 aromatic heterocycles. The molecular formula is C52H33N3S. The van der Waals surface area contributed by atoms with Gasteiger partial charge in [0.2, 0.25) is 0 Å². The van der Waals surface area contributed by atoms with Gasteiger partial charge in [0.15, 0.2) is 17.5 Å². The van der Waals surface area contributed by atoms with Gasteiger partial charge in [-0.1, -0.05) is 188 Å². The summed E-state index contributed by atoms with van der Waals surface area (Å²) in [5.74, 6) is 1.92. The van der Waals surface area contributed by atoms with E-state index in [1.54, 1.807) is 0 Å². The highest BCUT2D eigenvalue weighted by molar-refractivity contribution is 7.99. The molecule has 0 N–H and O–H groups in total. The summed E-state index contributed by atoms with van der Waals surface area (Å²) in [5, 5.41) is 0. The third-order valence-electron chi connectivity index (χ3n) is 11.2. The third-order valence-corrected chi connectivity index (χ3v) is 12.4. The Kier molecular flexibility index (Phi) is 7.64. The van der Waals surface area contributed by atoms with Crippen molar-refractivity contribution in [3.63, 3.8) is 0 Å². The van der Waals surface area contributed by atoms with Crippen molar-refractivity contribution in [3.05, 3.63) is 222 Å². The SMILES string of the molecule is c1ccc(-c2nc(-c3cccc(-c4ccc5c(c4)C4(c6ccccc6S5)c5ccccc5-c5ccccc54)c3)nc(-c3ccccc3-c3ccccc3)n2)cc1. The maximum atomic E-state index is 5.20. The number of hydrogen-bond acceptors (Lipinski definition) is 4. The lowest BCUT2D eigenvalue weighted by Gasteiger charge is -2.40. The molecule has 1 aliphatic heterocycles. The van der Waals surface area contributed by atoms with E-state index in [1.807, 2.05) is 36.0 Å². The Hall–Kier alpha value is -6.88. The highest BCUT2D eigenvalue weighted by Crippen LogP contribution is 2.62. The van der Waals surface area contributed by atoms with Crippen LogP contribution in [0.4, 0.5) is 0 Å². The van der Waals surface area contributed by atoms with Gasteiger partial charge in [-0.2, -0.15) is 0 Å². The van der Waals surface area contributed by atoms with E-state index in [0.717, 1.165) is 38.9 Å². The van der Waals surface area contributed by atoms with Crippen LogP contribution in [0.2, 0.25) is 0 Å². The maximum Gasteiger partial charge on any atom is 0.164 e. The molecule has 1 aliphatic carbocycles. The van der Waals surface area contributed by atoms with E-state index in [2.05, 4.69) is 176 Å². The van der Waals surface area contributed by atoms with Crippen molar-refractivity contribution in [2.45, 2.75) is 15.2 Å². The zero-order chi connectivity index (χ0) is 37.1. The van der Waals surface area contributed by atoms with Crippen LogP contribution in [0.5, 0.6) is 0 Å². The normalized spacial score (nSPS) is 13.1. The van der Waals surface area contributed by atoms with Crippen LogP contribution in [-0.2, 0) is 5.41 Å². The lowest BCUT2D eigenvalue weighted by Crippen LogP contribution is -2.32. The molecule has 9 aromatic rings. The van der Waals surface area contributed by atoms with E-state index in [9.17, 15) is 0 Å². The molecule has 11 rings (SSSR count). The van der Waals surface area contributed by atoms with Crippen LogP contribution in [0.3, 0.4) is 0 Å². The first kappa shape index (κ1) is 32.5. The van der Waals surface area contributed by atoms with E-state index < -0.39 is 5.41 Å². The topological polar surface area (TPSA) is 38.7 Å². The molecule has 0 amide bonds. The van der Waals surface area contributed by atoms with Crippen LogP contribution in [0, 0.1) is 0 Å². The molecule has 0 atom stereocenters. The van der Waals surface area contributed by atoms with Gasteiger partial charge in [-0.3, -0.25) is 0 Å². The fourth-order valence-corrected chi connectivity index (χ4v) is 9.94. The Bertz CT molecular complexity index is 2910. The molecule has 1 spiro atoms. The van der Waals surface area contributed by atoms with Crippen LogP contribution in [0.25, 0.3) is 67.5 Å². The molecule has 2 aliphatic rings. The molecule has 2 heterocycles. The van der Waals surface area contributed by atoms with Crippen molar-refractivity contribution < 1.29 is 0 Å². The first-order valence-electron chi connectivity index (χ1n) is 18.9. The molecule has 4 heteroatoms. The van der Waals surface area contributed by atoms with Gasteiger partial charge in [0.1, 0.15) is 0 Å². The van der Waals surface area contributed by atoms with Crippen molar-refractivity contribution >= 4 is 11.8 Å². The summed E-state index contributed by atoms with van der Waals surface area (Å²) < 4.78 is 0. The second kappa shape index (κ2) is 13.2. The lowest BCUT2D eigenvalue weighted by atomic mass is 9.67. The molecule has 0 saturated carbocycles. The Labute approximate surface area is 330 Å². The number of benzene rings is 8. The predicted molar refractivity (Wildman–Crippen MR) is 228 cm³/mol. The highest BCUT2D eigenvalue weighted by Gasteiger charge is 2.50. The number of nitrogens with zero attached hydrogens (tertiary/aromatic N) is 3. The van der Waals surface area contributed by atoms with Crippen LogP contribution < -0.4 is 0 Å². The summed E-state index contributed by atoms with van der Waals surface area (Å²) in [5.41, 5.74) is 14.8. The number of rotatable bonds is 5. The van der Waals surface area contributed by atoms with Crippen LogP contribution in [0.1, 0.15) is 22.3 Å². The Morgan fingerprint density at radius 3 is 1.48 bits per heavy atom. The minimum atomic E-state index is -0.433. The largest absolute Gasteiger partial charge is 0.208 e. The predicted octanol–water partition coefficient (Wildman–Crippen LogP) is 13.0. The maximum absolute atomic E-state index is 5.20. The minimum absolute atomic E-state index is 0.433. The van der Waals surface area contributed by atoms with Crippen LogP contribution in [-0.4, -0.2) is 15.0 Å². The van der Waals surface area contributed by atoms with Crippen LogP contribution >= 0.6 is 11.8 Å². The van der Waals surface area contributed by atoms with Gasteiger partial charge in [-0.15, -0.1) is 0 Å². The summed E-state index contributed by atoms with van der Waals surface area (Å²) in [4.78, 5) is 18.0. The highest BCUT2D eigenvalue weighted by atomic mass is 32.2. The van der Waals surface area contributed by atoms with E-state index >= 15 is 0 Å². The van der Waals surface area contributed by atoms with Gasteiger partial charge in [0.25, 0.3) is 0 Å². The van der Waals surface area contributed by atoms with E-state index in [-0.39, 0.29) is 0 Å². The van der Waals surface area contributed by atoms with E-state index in [1.165, 1.54) is 43.2 Å². The number of aromatic nitrogens is 3. The molecule has 0 unspecified atom stereocenters. The fourth-order valence-electron chi connectivity index (χ4n) is 8.76. The molecule has 8 aromatic carbocycles. The third kappa shape index (κ3) is 5.10. The summed E-state index contributed by atoms with van der Waals surface area (Å²) >= 11 is 1.87. The minimum Gasteiger partial charge on any atom is -0.208 e. The summed E-state index contributed by atoms with van der Waals surface area (Å²) in [6, 6.07) is 71.5. The molecule has 3 nitrogen and oxygen atoms in total. The van der Waals surface area contributed by atoms with Crippen LogP contribution in [0.15, 0.2) is 210 Å². The molecule has 0 radical (unpaired) electrons. The molecule has 56 heavy (non-hydrogen) atoms. The van der Waals surface area contributed by atoms with Gasteiger partial charge in [0.05, 0.1) is 5.41 Å². The standard InChI is InChI=1S/C52H33N3S/c1-3-16-34(17-4-1)39-22-7-8-25-42(39)51-54-49(35-18-5-2-6-19-35)53-50(55-51)38-21-15-20-36(32-38)37-30-31-48-46(33-37)52(45-28-13-14-29-47(45)56-48)43-26-11-9-23-40(43)41-24-10-12-27-44(41)52/h1-33H. The summed E-state index contributed by atoms with van der Waals surface area (Å²) in [6.07, 6.45) is 0. The van der Waals surface area contributed by atoms with Crippen molar-refractivity contribution in [1.29, 1.82) is 0 Å². The number of hydrogen-bond donors (Lipinski definition) is 0. The molecule has 0 saturated heterocycles. The summed E-state index contributed by atoms with van der Waals surface area (Å²) in [7, 11) is 0. The second-order valence-electron chi connectivity index (χ2n) is 14.3. The van der Waals surface area contributed by atoms with Crippen molar-refractivity contribution in [2.24, 2.45) is 0 Å². The molecule has 262 valence electrons. The zero-order valence-corrected chi connectivity index (χ0v) is 31.1. The smallest absolute Gasteiger partial charge is 0.164 e. The fraction of sp³-hybridized carbons (Fsp3) is 0.0192. The molecular weight excluding hydrogens is 699 g/mol. The average molecular weight is 732 g/mol. The first-order chi connectivity index (χ1) is 27.8. The van der Waals surface area contributed by atoms with Crippen molar-refractivity contribution in [2.75, 3.05) is 0 Å². The Morgan fingerprint density at radius 2 is 0.768 bits per heavy atom. The lowest BCUT2D eigenvalue weighted by molar-refractivity contribution is 0.723. The Balaban J connectivity index is 1.08. The quantitative estimate of drug-likeness (QED) is 0.177. The van der Waals surface area contributed by atoms with E-state index in [4.69, 9.17) is 15.0 Å². The first-order valence-corrected chi connectivity index (χ1v) is 19.8. The van der Waals surface area contributed by atoms with Gasteiger partial charge < -0.3 is 0 Å². The number of fused-ring (bicyclic) bond motifs is 9. The average Bonchev–Trinajstić information content (AvgIpc) is 3.57. The Morgan fingerprint density at radius 1 is 0.286 bits per heavy atom. The second-order valence-corrected chi connectivity index (χ2v) is 15.4.